The Morgan fingerprint density at radius 1 is 1.42 bits per heavy atom. The molecule has 3 rings (SSSR count). The number of aliphatic carboxylic acids is 1. The zero-order chi connectivity index (χ0) is 17.1. The van der Waals surface area contributed by atoms with E-state index in [0.717, 1.165) is 0 Å². The van der Waals surface area contributed by atoms with Crippen molar-refractivity contribution >= 4 is 11.9 Å². The number of benzene rings is 1. The van der Waals surface area contributed by atoms with E-state index in [1.807, 2.05) is 0 Å². The summed E-state index contributed by atoms with van der Waals surface area (Å²) in [6.45, 7) is 2.71. The van der Waals surface area contributed by atoms with Crippen LogP contribution in [0.15, 0.2) is 28.8 Å². The quantitative estimate of drug-likeness (QED) is 0.901. The minimum absolute atomic E-state index is 0.119. The monoisotopic (exact) mass is 331 g/mol. The van der Waals surface area contributed by atoms with Crippen molar-refractivity contribution in [3.63, 3.8) is 0 Å². The molecule has 1 saturated heterocycles. The van der Waals surface area contributed by atoms with E-state index < -0.39 is 12.1 Å². The Labute approximate surface area is 138 Å². The first-order valence-electron chi connectivity index (χ1n) is 7.56. The van der Waals surface area contributed by atoms with E-state index in [4.69, 9.17) is 14.4 Å². The van der Waals surface area contributed by atoms with Crippen LogP contribution in [0.1, 0.15) is 22.7 Å². The fourth-order valence-corrected chi connectivity index (χ4v) is 2.61. The highest BCUT2D eigenvalue weighted by Gasteiger charge is 2.26. The number of aromatic nitrogens is 2. The summed E-state index contributed by atoms with van der Waals surface area (Å²) in [5.41, 5.74) is 1.18. The molecular weight excluding hydrogens is 314 g/mol. The SMILES string of the molecule is Cc1nc(-c2cccc(C(=O)N3CCOC(CC(=O)O)C3)c2)no1. The molecule has 24 heavy (non-hydrogen) atoms. The minimum atomic E-state index is -0.941. The van der Waals surface area contributed by atoms with Crippen molar-refractivity contribution in [2.75, 3.05) is 19.7 Å². The number of aryl methyl sites for hydroxylation is 1. The van der Waals surface area contributed by atoms with Gasteiger partial charge >= 0.3 is 5.97 Å². The van der Waals surface area contributed by atoms with Crippen molar-refractivity contribution in [3.8, 4) is 11.4 Å². The number of morpholine rings is 1. The molecular formula is C16H17N3O5. The molecule has 1 aliphatic rings. The lowest BCUT2D eigenvalue weighted by Gasteiger charge is -2.32. The fourth-order valence-electron chi connectivity index (χ4n) is 2.61. The van der Waals surface area contributed by atoms with Crippen molar-refractivity contribution in [3.05, 3.63) is 35.7 Å². The van der Waals surface area contributed by atoms with Gasteiger partial charge in [0.25, 0.3) is 5.91 Å². The van der Waals surface area contributed by atoms with Gasteiger partial charge in [-0.2, -0.15) is 4.98 Å². The molecule has 8 nitrogen and oxygen atoms in total. The predicted molar refractivity (Wildman–Crippen MR) is 82.4 cm³/mol. The normalized spacial score (nSPS) is 17.7. The topological polar surface area (TPSA) is 106 Å². The Balaban J connectivity index is 1.76. The van der Waals surface area contributed by atoms with Gasteiger partial charge in [0.15, 0.2) is 0 Å². The summed E-state index contributed by atoms with van der Waals surface area (Å²) in [7, 11) is 0. The van der Waals surface area contributed by atoms with Gasteiger partial charge < -0.3 is 19.3 Å². The van der Waals surface area contributed by atoms with Crippen molar-refractivity contribution in [1.82, 2.24) is 15.0 Å². The number of carboxylic acids is 1. The first-order chi connectivity index (χ1) is 11.5. The Bertz CT molecular complexity index is 758. The molecule has 1 unspecified atom stereocenters. The van der Waals surface area contributed by atoms with Crippen molar-refractivity contribution < 1.29 is 24.0 Å². The number of hydrogen-bond acceptors (Lipinski definition) is 6. The highest BCUT2D eigenvalue weighted by Crippen LogP contribution is 2.19. The van der Waals surface area contributed by atoms with Crippen LogP contribution in [-0.2, 0) is 9.53 Å². The molecule has 2 heterocycles. The first kappa shape index (κ1) is 16.1. The molecule has 0 bridgehead atoms. The summed E-state index contributed by atoms with van der Waals surface area (Å²) in [4.78, 5) is 29.2. The molecule has 1 aliphatic heterocycles. The molecule has 1 N–H and O–H groups in total. The van der Waals surface area contributed by atoms with Crippen LogP contribution in [0.25, 0.3) is 11.4 Å². The van der Waals surface area contributed by atoms with Gasteiger partial charge in [-0.3, -0.25) is 9.59 Å². The van der Waals surface area contributed by atoms with Crippen molar-refractivity contribution in [2.24, 2.45) is 0 Å². The number of nitrogens with zero attached hydrogens (tertiary/aromatic N) is 3. The van der Waals surface area contributed by atoms with E-state index in [9.17, 15) is 9.59 Å². The molecule has 126 valence electrons. The zero-order valence-electron chi connectivity index (χ0n) is 13.1. The third-order valence-corrected chi connectivity index (χ3v) is 3.72. The number of carbonyl (C=O) groups is 2. The van der Waals surface area contributed by atoms with E-state index in [2.05, 4.69) is 10.1 Å². The second-order valence-corrected chi connectivity index (χ2v) is 5.56. The molecule has 1 amide bonds. The third-order valence-electron chi connectivity index (χ3n) is 3.72. The fraction of sp³-hybridized carbons (Fsp3) is 0.375. The second-order valence-electron chi connectivity index (χ2n) is 5.56. The maximum absolute atomic E-state index is 12.7. The van der Waals surface area contributed by atoms with Gasteiger partial charge in [-0.15, -0.1) is 0 Å². The average molecular weight is 331 g/mol. The molecule has 0 spiro atoms. The minimum Gasteiger partial charge on any atom is -0.481 e. The molecule has 0 radical (unpaired) electrons. The van der Waals surface area contributed by atoms with Gasteiger partial charge in [-0.1, -0.05) is 17.3 Å². The summed E-state index contributed by atoms with van der Waals surface area (Å²) < 4.78 is 10.4. The summed E-state index contributed by atoms with van der Waals surface area (Å²) in [6.07, 6.45) is -0.602. The van der Waals surface area contributed by atoms with Crippen LogP contribution in [0.3, 0.4) is 0 Å². The van der Waals surface area contributed by atoms with E-state index in [1.165, 1.54) is 0 Å². The smallest absolute Gasteiger partial charge is 0.306 e. The summed E-state index contributed by atoms with van der Waals surface area (Å²) in [6, 6.07) is 6.96. The second kappa shape index (κ2) is 6.79. The number of carboxylic acid groups (broad SMARTS) is 1. The van der Waals surface area contributed by atoms with Crippen LogP contribution >= 0.6 is 0 Å². The molecule has 2 aromatic rings. The predicted octanol–water partition coefficient (Wildman–Crippen LogP) is 1.36. The van der Waals surface area contributed by atoms with Gasteiger partial charge in [-0.05, 0) is 12.1 Å². The van der Waals surface area contributed by atoms with Crippen molar-refractivity contribution in [1.29, 1.82) is 0 Å². The van der Waals surface area contributed by atoms with Crippen LogP contribution in [0.2, 0.25) is 0 Å². The Kier molecular flexibility index (Phi) is 4.57. The van der Waals surface area contributed by atoms with Crippen LogP contribution in [0, 0.1) is 6.92 Å². The van der Waals surface area contributed by atoms with Crippen LogP contribution < -0.4 is 0 Å². The van der Waals surface area contributed by atoms with E-state index in [0.29, 0.717) is 36.0 Å². The lowest BCUT2D eigenvalue weighted by molar-refractivity contribution is -0.141. The van der Waals surface area contributed by atoms with E-state index >= 15 is 0 Å². The molecule has 1 fully saturated rings. The Morgan fingerprint density at radius 2 is 2.25 bits per heavy atom. The number of ether oxygens (including phenoxy) is 1. The zero-order valence-corrected chi connectivity index (χ0v) is 13.1. The highest BCUT2D eigenvalue weighted by molar-refractivity contribution is 5.95. The molecule has 8 heteroatoms. The van der Waals surface area contributed by atoms with Crippen LogP contribution in [-0.4, -0.2) is 57.8 Å². The lowest BCUT2D eigenvalue weighted by atomic mass is 10.1. The third kappa shape index (κ3) is 3.60. The summed E-state index contributed by atoms with van der Waals surface area (Å²) in [5.74, 6) is -0.237. The number of amides is 1. The van der Waals surface area contributed by atoms with E-state index in [-0.39, 0.29) is 18.9 Å². The average Bonchev–Trinajstić information content (AvgIpc) is 3.00. The molecule has 1 atom stereocenters. The number of hydrogen-bond donors (Lipinski definition) is 1. The molecule has 1 aromatic heterocycles. The Morgan fingerprint density at radius 3 is 2.96 bits per heavy atom. The van der Waals surface area contributed by atoms with Crippen LogP contribution in [0.4, 0.5) is 0 Å². The van der Waals surface area contributed by atoms with Crippen LogP contribution in [0.5, 0.6) is 0 Å². The van der Waals surface area contributed by atoms with Crippen molar-refractivity contribution in [2.45, 2.75) is 19.4 Å². The maximum atomic E-state index is 12.7. The highest BCUT2D eigenvalue weighted by atomic mass is 16.5. The lowest BCUT2D eigenvalue weighted by Crippen LogP contribution is -2.46. The summed E-state index contributed by atoms with van der Waals surface area (Å²) in [5, 5.41) is 12.7. The van der Waals surface area contributed by atoms with Gasteiger partial charge in [0.05, 0.1) is 19.1 Å². The summed E-state index contributed by atoms with van der Waals surface area (Å²) >= 11 is 0. The van der Waals surface area contributed by atoms with Gasteiger partial charge in [0.1, 0.15) is 0 Å². The van der Waals surface area contributed by atoms with Gasteiger partial charge in [0.2, 0.25) is 11.7 Å². The number of rotatable bonds is 4. The van der Waals surface area contributed by atoms with Gasteiger partial charge in [0, 0.05) is 31.1 Å². The largest absolute Gasteiger partial charge is 0.481 e. The molecule has 0 saturated carbocycles. The Hall–Kier alpha value is -2.74. The first-order valence-corrected chi connectivity index (χ1v) is 7.56. The van der Waals surface area contributed by atoms with E-state index in [1.54, 1.807) is 36.1 Å². The molecule has 0 aliphatic carbocycles. The standard InChI is InChI=1S/C16H17N3O5/c1-10-17-15(18-24-10)11-3-2-4-12(7-11)16(22)19-5-6-23-13(9-19)8-14(20)21/h2-4,7,13H,5-6,8-9H2,1H3,(H,20,21). The maximum Gasteiger partial charge on any atom is 0.306 e. The molecule has 1 aromatic carbocycles. The number of carbonyl (C=O) groups excluding carboxylic acids is 1. The van der Waals surface area contributed by atoms with Gasteiger partial charge in [-0.25, -0.2) is 0 Å².